The molecule has 0 aliphatic carbocycles. The second-order valence-corrected chi connectivity index (χ2v) is 6.72. The van der Waals surface area contributed by atoms with Crippen molar-refractivity contribution in [3.05, 3.63) is 52.9 Å². The number of halogens is 1. The summed E-state index contributed by atoms with van der Waals surface area (Å²) in [5.74, 6) is 0.687. The third-order valence-electron chi connectivity index (χ3n) is 3.33. The van der Waals surface area contributed by atoms with Crippen molar-refractivity contribution in [2.24, 2.45) is 0 Å². The monoisotopic (exact) mass is 347 g/mol. The highest BCUT2D eigenvalue weighted by Crippen LogP contribution is 2.33. The zero-order valence-corrected chi connectivity index (χ0v) is 14.0. The Hall–Kier alpha value is -1.92. The molecule has 0 spiro atoms. The molecule has 118 valence electrons. The summed E-state index contributed by atoms with van der Waals surface area (Å²) in [6, 6.07) is 9.70. The average Bonchev–Trinajstić information content (AvgIpc) is 3.09. The lowest BCUT2D eigenvalue weighted by atomic mass is 10.2. The Kier molecular flexibility index (Phi) is 4.63. The minimum atomic E-state index is -0.319. The molecule has 3 nitrogen and oxygen atoms in total. The summed E-state index contributed by atoms with van der Waals surface area (Å²) in [5.41, 5.74) is 0.656. The maximum atomic E-state index is 13.3. The maximum absolute atomic E-state index is 13.3. The van der Waals surface area contributed by atoms with Crippen molar-refractivity contribution in [3.63, 3.8) is 0 Å². The van der Waals surface area contributed by atoms with Gasteiger partial charge in [-0.3, -0.25) is 9.69 Å². The van der Waals surface area contributed by atoms with E-state index in [0.717, 1.165) is 6.42 Å². The van der Waals surface area contributed by atoms with Crippen LogP contribution in [-0.4, -0.2) is 21.7 Å². The van der Waals surface area contributed by atoms with Crippen molar-refractivity contribution in [2.45, 2.75) is 13.3 Å². The first-order valence-electron chi connectivity index (χ1n) is 7.19. The number of carbonyl (C=O) groups is 1. The second kappa shape index (κ2) is 6.68. The van der Waals surface area contributed by atoms with Gasteiger partial charge in [0.2, 0.25) is 0 Å². The minimum Gasteiger partial charge on any atom is -0.457 e. The molecule has 3 rings (SSSR count). The molecule has 1 aliphatic rings. The van der Waals surface area contributed by atoms with Gasteiger partial charge in [-0.15, -0.1) is 0 Å². The molecule has 6 heteroatoms. The molecule has 2 aromatic rings. The van der Waals surface area contributed by atoms with E-state index in [0.29, 0.717) is 32.9 Å². The van der Waals surface area contributed by atoms with Crippen molar-refractivity contribution in [2.75, 3.05) is 6.54 Å². The first kappa shape index (κ1) is 16.0. The number of thiocarbonyl (C=S) groups is 1. The number of thioether (sulfide) groups is 1. The van der Waals surface area contributed by atoms with Gasteiger partial charge in [0.05, 0.1) is 4.91 Å². The molecule has 1 aromatic carbocycles. The van der Waals surface area contributed by atoms with Crippen molar-refractivity contribution in [3.8, 4) is 11.3 Å². The van der Waals surface area contributed by atoms with Gasteiger partial charge in [0.1, 0.15) is 21.7 Å². The van der Waals surface area contributed by atoms with Crippen molar-refractivity contribution < 1.29 is 13.6 Å². The number of nitrogens with zero attached hydrogens (tertiary/aromatic N) is 1. The smallest absolute Gasteiger partial charge is 0.266 e. The third kappa shape index (κ3) is 3.38. The Bertz CT molecular complexity index is 797. The van der Waals surface area contributed by atoms with Crippen LogP contribution in [0.1, 0.15) is 19.1 Å². The molecule has 1 fully saturated rings. The van der Waals surface area contributed by atoms with Crippen molar-refractivity contribution in [1.29, 1.82) is 0 Å². The molecular formula is C17H14FNO2S2. The molecule has 0 saturated carbocycles. The van der Waals surface area contributed by atoms with Crippen molar-refractivity contribution >= 4 is 40.3 Å². The van der Waals surface area contributed by atoms with Gasteiger partial charge in [-0.2, -0.15) is 0 Å². The molecule has 0 bridgehead atoms. The molecule has 0 atom stereocenters. The standard InChI is InChI=1S/C17H14FNO2S2/c1-2-8-19-16(20)15(23-17(19)22)10-13-6-7-14(21-13)11-4-3-5-12(18)9-11/h3-7,9-10H,2,8H2,1H3. The molecule has 1 amide bonds. The molecule has 0 unspecified atom stereocenters. The zero-order valence-electron chi connectivity index (χ0n) is 12.4. The lowest BCUT2D eigenvalue weighted by molar-refractivity contribution is -0.122. The van der Waals surface area contributed by atoms with E-state index in [1.165, 1.54) is 23.9 Å². The fourth-order valence-corrected chi connectivity index (χ4v) is 3.56. The van der Waals surface area contributed by atoms with Gasteiger partial charge < -0.3 is 4.42 Å². The number of hydrogen-bond donors (Lipinski definition) is 0. The SMILES string of the molecule is CCCN1C(=O)C(=Cc2ccc(-c3cccc(F)c3)o2)SC1=S. The number of hydrogen-bond acceptors (Lipinski definition) is 4. The van der Waals surface area contributed by atoms with Gasteiger partial charge in [-0.1, -0.05) is 43.0 Å². The Morgan fingerprint density at radius 2 is 2.17 bits per heavy atom. The Morgan fingerprint density at radius 1 is 1.35 bits per heavy atom. The van der Waals surface area contributed by atoms with E-state index in [2.05, 4.69) is 0 Å². The predicted octanol–water partition coefficient (Wildman–Crippen LogP) is 4.70. The number of benzene rings is 1. The van der Waals surface area contributed by atoms with E-state index in [9.17, 15) is 9.18 Å². The fourth-order valence-electron chi connectivity index (χ4n) is 2.27. The Balaban J connectivity index is 1.84. The minimum absolute atomic E-state index is 0.0921. The molecular weight excluding hydrogens is 333 g/mol. The van der Waals surface area contributed by atoms with E-state index in [-0.39, 0.29) is 11.7 Å². The van der Waals surface area contributed by atoms with E-state index in [1.807, 2.05) is 6.92 Å². The molecule has 0 radical (unpaired) electrons. The highest BCUT2D eigenvalue weighted by Gasteiger charge is 2.31. The van der Waals surface area contributed by atoms with E-state index in [1.54, 1.807) is 35.2 Å². The topological polar surface area (TPSA) is 33.5 Å². The molecule has 2 heterocycles. The van der Waals surface area contributed by atoms with Crippen LogP contribution >= 0.6 is 24.0 Å². The first-order valence-corrected chi connectivity index (χ1v) is 8.42. The van der Waals surface area contributed by atoms with Gasteiger partial charge in [-0.25, -0.2) is 4.39 Å². The highest BCUT2D eigenvalue weighted by molar-refractivity contribution is 8.26. The molecule has 1 aromatic heterocycles. The normalized spacial score (nSPS) is 16.6. The average molecular weight is 347 g/mol. The quantitative estimate of drug-likeness (QED) is 0.593. The summed E-state index contributed by atoms with van der Waals surface area (Å²) < 4.78 is 19.5. The summed E-state index contributed by atoms with van der Waals surface area (Å²) in [6.07, 6.45) is 2.53. The van der Waals surface area contributed by atoms with Crippen LogP contribution < -0.4 is 0 Å². The lowest BCUT2D eigenvalue weighted by Gasteiger charge is -2.11. The molecule has 23 heavy (non-hydrogen) atoms. The molecule has 1 saturated heterocycles. The fraction of sp³-hybridized carbons (Fsp3) is 0.176. The van der Waals surface area contributed by atoms with Crippen LogP contribution in [-0.2, 0) is 4.79 Å². The number of rotatable bonds is 4. The first-order chi connectivity index (χ1) is 11.1. The van der Waals surface area contributed by atoms with Crippen LogP contribution in [0.4, 0.5) is 4.39 Å². The number of amides is 1. The Labute approximate surface area is 143 Å². The van der Waals surface area contributed by atoms with Crippen LogP contribution in [0, 0.1) is 5.82 Å². The van der Waals surface area contributed by atoms with Gasteiger partial charge in [0, 0.05) is 18.2 Å². The van der Waals surface area contributed by atoms with Gasteiger partial charge in [-0.05, 0) is 30.7 Å². The van der Waals surface area contributed by atoms with E-state index >= 15 is 0 Å². The van der Waals surface area contributed by atoms with Crippen LogP contribution in [0.25, 0.3) is 17.4 Å². The third-order valence-corrected chi connectivity index (χ3v) is 4.71. The summed E-state index contributed by atoms with van der Waals surface area (Å²) >= 11 is 6.50. The maximum Gasteiger partial charge on any atom is 0.266 e. The summed E-state index contributed by atoms with van der Waals surface area (Å²) in [5, 5.41) is 0. The van der Waals surface area contributed by atoms with E-state index < -0.39 is 0 Å². The number of carbonyl (C=O) groups excluding carboxylic acids is 1. The lowest BCUT2D eigenvalue weighted by Crippen LogP contribution is -2.28. The van der Waals surface area contributed by atoms with Gasteiger partial charge in [0.25, 0.3) is 5.91 Å². The van der Waals surface area contributed by atoms with Crippen molar-refractivity contribution in [1.82, 2.24) is 4.90 Å². The molecule has 1 aliphatic heterocycles. The highest BCUT2D eigenvalue weighted by atomic mass is 32.2. The van der Waals surface area contributed by atoms with E-state index in [4.69, 9.17) is 16.6 Å². The van der Waals surface area contributed by atoms with Crippen LogP contribution in [0.3, 0.4) is 0 Å². The van der Waals surface area contributed by atoms with Crippen LogP contribution in [0.5, 0.6) is 0 Å². The van der Waals surface area contributed by atoms with Crippen LogP contribution in [0.2, 0.25) is 0 Å². The largest absolute Gasteiger partial charge is 0.457 e. The summed E-state index contributed by atoms with van der Waals surface area (Å²) in [4.78, 5) is 14.4. The number of furan rings is 1. The second-order valence-electron chi connectivity index (χ2n) is 5.05. The summed E-state index contributed by atoms with van der Waals surface area (Å²) in [6.45, 7) is 2.62. The zero-order chi connectivity index (χ0) is 16.4. The van der Waals surface area contributed by atoms with Crippen LogP contribution in [0.15, 0.2) is 45.7 Å². The van der Waals surface area contributed by atoms with Gasteiger partial charge in [0.15, 0.2) is 0 Å². The summed E-state index contributed by atoms with van der Waals surface area (Å²) in [7, 11) is 0. The Morgan fingerprint density at radius 3 is 2.91 bits per heavy atom. The van der Waals surface area contributed by atoms with Gasteiger partial charge >= 0.3 is 0 Å². The molecule has 0 N–H and O–H groups in total. The predicted molar refractivity (Wildman–Crippen MR) is 94.3 cm³/mol.